The molecule has 0 radical (unpaired) electrons. The first-order valence-corrected chi connectivity index (χ1v) is 11.8. The molecule has 0 fully saturated rings. The molecular weight excluding hydrogens is 444 g/mol. The van der Waals surface area contributed by atoms with Crippen molar-refractivity contribution < 1.29 is 14.3 Å². The van der Waals surface area contributed by atoms with Gasteiger partial charge in [-0.2, -0.15) is 5.26 Å². The molecule has 2 N–H and O–H groups in total. The summed E-state index contributed by atoms with van der Waals surface area (Å²) in [4.78, 5) is 26.5. The van der Waals surface area contributed by atoms with E-state index in [1.807, 2.05) is 47.5 Å². The molecule has 164 valence electrons. The number of carbonyl (C=O) groups is 2. The molecule has 1 aliphatic rings. The highest BCUT2D eigenvalue weighted by Crippen LogP contribution is 2.38. The normalized spacial score (nSPS) is 15.2. The minimum Gasteiger partial charge on any atom is -0.446 e. The van der Waals surface area contributed by atoms with E-state index in [1.165, 1.54) is 17.4 Å². The number of hydrogen-bond donors (Lipinski definition) is 2. The van der Waals surface area contributed by atoms with Gasteiger partial charge in [-0.3, -0.25) is 4.79 Å². The minimum atomic E-state index is -0.455. The van der Waals surface area contributed by atoms with Crippen molar-refractivity contribution in [2.45, 2.75) is 31.9 Å². The van der Waals surface area contributed by atoms with E-state index in [0.29, 0.717) is 36.4 Å². The van der Waals surface area contributed by atoms with Crippen LogP contribution in [0, 0.1) is 11.3 Å². The van der Waals surface area contributed by atoms with E-state index in [0.717, 1.165) is 21.0 Å². The smallest absolute Gasteiger partial charge is 0.407 e. The molecule has 9 heteroatoms. The third-order valence-corrected chi connectivity index (χ3v) is 7.26. The van der Waals surface area contributed by atoms with E-state index in [4.69, 9.17) is 4.74 Å². The number of carbonyl (C=O) groups excluding carboxylic acids is 2. The van der Waals surface area contributed by atoms with Crippen molar-refractivity contribution in [1.29, 1.82) is 5.26 Å². The van der Waals surface area contributed by atoms with Crippen LogP contribution in [0.4, 0.5) is 9.80 Å². The lowest BCUT2D eigenvalue weighted by molar-refractivity contribution is -0.111. The van der Waals surface area contributed by atoms with Gasteiger partial charge in [0.25, 0.3) is 0 Å². The SMILES string of the molecule is Cn1cccc1CNC(=O)OC1CCc2c(sc(NC(=O)/C=C/c3cccs3)c2C#N)C1. The average Bonchev–Trinajstić information content (AvgIpc) is 3.50. The molecule has 3 aromatic rings. The number of aryl methyl sites for hydroxylation is 1. The van der Waals surface area contributed by atoms with Crippen LogP contribution in [0.25, 0.3) is 6.08 Å². The third kappa shape index (κ3) is 5.10. The predicted octanol–water partition coefficient (Wildman–Crippen LogP) is 4.46. The molecule has 1 aliphatic carbocycles. The van der Waals surface area contributed by atoms with Crippen molar-refractivity contribution in [1.82, 2.24) is 9.88 Å². The highest BCUT2D eigenvalue weighted by molar-refractivity contribution is 7.16. The Balaban J connectivity index is 1.36. The molecule has 3 aromatic heterocycles. The van der Waals surface area contributed by atoms with E-state index in [1.54, 1.807) is 17.4 Å². The fourth-order valence-corrected chi connectivity index (χ4v) is 5.48. The second-order valence-corrected chi connectivity index (χ2v) is 9.48. The summed E-state index contributed by atoms with van der Waals surface area (Å²) in [6.45, 7) is 0.396. The molecular formula is C23H22N4O3S2. The van der Waals surface area contributed by atoms with Gasteiger partial charge in [0.1, 0.15) is 17.2 Å². The highest BCUT2D eigenvalue weighted by Gasteiger charge is 2.28. The number of ether oxygens (including phenoxy) is 1. The van der Waals surface area contributed by atoms with Gasteiger partial charge in [-0.25, -0.2) is 4.79 Å². The zero-order valence-electron chi connectivity index (χ0n) is 17.5. The lowest BCUT2D eigenvalue weighted by Crippen LogP contribution is -2.32. The van der Waals surface area contributed by atoms with Gasteiger partial charge in [0.2, 0.25) is 5.91 Å². The van der Waals surface area contributed by atoms with Gasteiger partial charge in [0.05, 0.1) is 12.1 Å². The largest absolute Gasteiger partial charge is 0.446 e. The molecule has 1 unspecified atom stereocenters. The summed E-state index contributed by atoms with van der Waals surface area (Å²) in [5.41, 5.74) is 2.44. The maximum atomic E-state index is 12.3. The number of nitriles is 1. The number of anilines is 1. The van der Waals surface area contributed by atoms with Crippen LogP contribution < -0.4 is 10.6 Å². The molecule has 0 saturated heterocycles. The number of nitrogens with zero attached hydrogens (tertiary/aromatic N) is 2. The van der Waals surface area contributed by atoms with Crippen LogP contribution in [0.2, 0.25) is 0 Å². The number of rotatable bonds is 6. The van der Waals surface area contributed by atoms with Gasteiger partial charge < -0.3 is 19.9 Å². The Hall–Kier alpha value is -3.35. The minimum absolute atomic E-state index is 0.261. The Labute approximate surface area is 193 Å². The molecule has 0 bridgehead atoms. The number of alkyl carbamates (subject to hydrolysis) is 1. The zero-order valence-corrected chi connectivity index (χ0v) is 19.1. The monoisotopic (exact) mass is 466 g/mol. The van der Waals surface area contributed by atoms with E-state index in [-0.39, 0.29) is 12.0 Å². The molecule has 2 amide bonds. The first kappa shape index (κ1) is 21.9. The van der Waals surface area contributed by atoms with Gasteiger partial charge >= 0.3 is 6.09 Å². The highest BCUT2D eigenvalue weighted by atomic mass is 32.1. The lowest BCUT2D eigenvalue weighted by Gasteiger charge is -2.22. The summed E-state index contributed by atoms with van der Waals surface area (Å²) in [6.07, 6.45) is 6.22. The van der Waals surface area contributed by atoms with E-state index in [2.05, 4.69) is 16.7 Å². The molecule has 0 aromatic carbocycles. The van der Waals surface area contributed by atoms with Gasteiger partial charge in [-0.1, -0.05) is 6.07 Å². The molecule has 1 atom stereocenters. The van der Waals surface area contributed by atoms with Crippen molar-refractivity contribution in [2.75, 3.05) is 5.32 Å². The first-order valence-electron chi connectivity index (χ1n) is 10.2. The topological polar surface area (TPSA) is 96.2 Å². The van der Waals surface area contributed by atoms with Crippen molar-refractivity contribution in [3.05, 3.63) is 68.5 Å². The molecule has 0 spiro atoms. The van der Waals surface area contributed by atoms with Crippen LogP contribution in [0.15, 0.2) is 41.9 Å². The molecule has 4 rings (SSSR count). The van der Waals surface area contributed by atoms with Crippen LogP contribution in [0.3, 0.4) is 0 Å². The Morgan fingerprint density at radius 2 is 2.25 bits per heavy atom. The number of amides is 2. The van der Waals surface area contributed by atoms with Gasteiger partial charge in [-0.15, -0.1) is 22.7 Å². The molecule has 7 nitrogen and oxygen atoms in total. The van der Waals surface area contributed by atoms with Crippen LogP contribution >= 0.6 is 22.7 Å². The van der Waals surface area contributed by atoms with Crippen molar-refractivity contribution in [3.8, 4) is 6.07 Å². The van der Waals surface area contributed by atoms with Gasteiger partial charge in [-0.05, 0) is 48.1 Å². The Morgan fingerprint density at radius 3 is 2.97 bits per heavy atom. The van der Waals surface area contributed by atoms with Crippen LogP contribution in [-0.4, -0.2) is 22.7 Å². The van der Waals surface area contributed by atoms with E-state index in [9.17, 15) is 14.9 Å². The first-order chi connectivity index (χ1) is 15.5. The average molecular weight is 467 g/mol. The number of hydrogen-bond acceptors (Lipinski definition) is 6. The summed E-state index contributed by atoms with van der Waals surface area (Å²) in [5.74, 6) is -0.277. The van der Waals surface area contributed by atoms with Crippen LogP contribution in [0.1, 0.15) is 33.0 Å². The summed E-state index contributed by atoms with van der Waals surface area (Å²) in [6, 6.07) is 9.93. The van der Waals surface area contributed by atoms with Crippen molar-refractivity contribution in [3.63, 3.8) is 0 Å². The molecule has 0 aliphatic heterocycles. The van der Waals surface area contributed by atoms with Crippen LogP contribution in [0.5, 0.6) is 0 Å². The molecule has 0 saturated carbocycles. The van der Waals surface area contributed by atoms with E-state index >= 15 is 0 Å². The Bertz CT molecular complexity index is 1180. The van der Waals surface area contributed by atoms with Crippen molar-refractivity contribution >= 4 is 45.8 Å². The molecule has 3 heterocycles. The van der Waals surface area contributed by atoms with Crippen molar-refractivity contribution in [2.24, 2.45) is 7.05 Å². The molecule has 32 heavy (non-hydrogen) atoms. The number of fused-ring (bicyclic) bond motifs is 1. The fraction of sp³-hybridized carbons (Fsp3) is 0.261. The van der Waals surface area contributed by atoms with Gasteiger partial charge in [0.15, 0.2) is 0 Å². The number of thiophene rings is 2. The number of nitrogens with one attached hydrogen (secondary N) is 2. The third-order valence-electron chi connectivity index (χ3n) is 5.25. The standard InChI is InChI=1S/C23H22N4O3S2/c1-27-10-2-4-15(27)14-25-23(29)30-16-6-8-18-19(13-24)22(32-20(18)12-16)26-21(28)9-7-17-5-3-11-31-17/h2-5,7,9-11,16H,6,8,12,14H2,1H3,(H,25,29)(H,26,28)/b9-7+. The van der Waals surface area contributed by atoms with E-state index < -0.39 is 6.09 Å². The summed E-state index contributed by atoms with van der Waals surface area (Å²) < 4.78 is 7.54. The zero-order chi connectivity index (χ0) is 22.5. The second-order valence-electron chi connectivity index (χ2n) is 7.39. The lowest BCUT2D eigenvalue weighted by atomic mass is 9.94. The van der Waals surface area contributed by atoms with Crippen LogP contribution in [-0.2, 0) is 36.0 Å². The Kier molecular flexibility index (Phi) is 6.73. The quantitative estimate of drug-likeness (QED) is 0.525. The summed E-state index contributed by atoms with van der Waals surface area (Å²) >= 11 is 2.93. The van der Waals surface area contributed by atoms with Gasteiger partial charge in [0, 0.05) is 41.2 Å². The number of aromatic nitrogens is 1. The Morgan fingerprint density at radius 1 is 1.38 bits per heavy atom. The second kappa shape index (κ2) is 9.85. The summed E-state index contributed by atoms with van der Waals surface area (Å²) in [7, 11) is 1.92. The fourth-order valence-electron chi connectivity index (χ4n) is 3.60. The maximum Gasteiger partial charge on any atom is 0.407 e. The summed E-state index contributed by atoms with van der Waals surface area (Å²) in [5, 5.41) is 17.7. The predicted molar refractivity (Wildman–Crippen MR) is 126 cm³/mol. The maximum absolute atomic E-state index is 12.3.